The van der Waals surface area contributed by atoms with E-state index in [1.807, 2.05) is 12.1 Å². The van der Waals surface area contributed by atoms with Gasteiger partial charge >= 0.3 is 0 Å². The summed E-state index contributed by atoms with van der Waals surface area (Å²) < 4.78 is 46.5. The van der Waals surface area contributed by atoms with Crippen LogP contribution in [0.2, 0.25) is 5.02 Å². The Bertz CT molecular complexity index is 952. The van der Waals surface area contributed by atoms with Gasteiger partial charge in [-0.3, -0.25) is 9.69 Å². The molecule has 1 amide bonds. The van der Waals surface area contributed by atoms with E-state index in [0.717, 1.165) is 30.3 Å². The molecule has 1 fully saturated rings. The maximum absolute atomic E-state index is 13.9. The lowest BCUT2D eigenvalue weighted by molar-refractivity contribution is -0.122. The fraction of sp³-hybridized carbons (Fsp3) is 0.409. The quantitative estimate of drug-likeness (QED) is 0.713. The van der Waals surface area contributed by atoms with Gasteiger partial charge < -0.3 is 10.1 Å². The number of nitrogens with zero attached hydrogens (tertiary/aromatic N) is 1. The first-order valence-corrected chi connectivity index (χ1v) is 10.3. The molecular weight excluding hydrogens is 417 g/mol. The highest BCUT2D eigenvalue weighted by molar-refractivity contribution is 6.31. The number of carbonyl (C=O) groups is 1. The monoisotopic (exact) mass is 438 g/mol. The first-order valence-electron chi connectivity index (χ1n) is 9.90. The molecule has 0 bridgehead atoms. The number of likely N-dealkylation sites (tertiary alicyclic amines) is 1. The van der Waals surface area contributed by atoms with Gasteiger partial charge in [0.25, 0.3) is 0 Å². The van der Waals surface area contributed by atoms with Crippen LogP contribution in [0, 0.1) is 11.6 Å². The second-order valence-corrected chi connectivity index (χ2v) is 8.27. The van der Waals surface area contributed by atoms with Crippen molar-refractivity contribution in [1.82, 2.24) is 4.90 Å². The van der Waals surface area contributed by atoms with Crippen molar-refractivity contribution in [2.24, 2.45) is 0 Å². The third kappa shape index (κ3) is 3.76. The molecule has 0 saturated carbocycles. The van der Waals surface area contributed by atoms with Gasteiger partial charge in [0.2, 0.25) is 5.91 Å². The number of anilines is 1. The fourth-order valence-corrected chi connectivity index (χ4v) is 4.53. The maximum Gasteiger partial charge on any atom is 0.235 e. The minimum Gasteiger partial charge on any atom is -0.492 e. The summed E-state index contributed by atoms with van der Waals surface area (Å²) in [7, 11) is 0. The Morgan fingerprint density at radius 2 is 1.87 bits per heavy atom. The van der Waals surface area contributed by atoms with Crippen molar-refractivity contribution in [3.05, 3.63) is 58.1 Å². The second kappa shape index (κ2) is 8.12. The number of halogens is 4. The summed E-state index contributed by atoms with van der Waals surface area (Å²) >= 11 is 6.14. The van der Waals surface area contributed by atoms with Gasteiger partial charge in [0, 0.05) is 29.4 Å². The van der Waals surface area contributed by atoms with E-state index in [1.165, 1.54) is 0 Å². The van der Waals surface area contributed by atoms with Crippen LogP contribution in [0.4, 0.5) is 18.9 Å². The highest BCUT2D eigenvalue weighted by atomic mass is 35.5. The van der Waals surface area contributed by atoms with Crippen LogP contribution in [0.25, 0.3) is 0 Å². The lowest BCUT2D eigenvalue weighted by atomic mass is 9.73. The summed E-state index contributed by atoms with van der Waals surface area (Å²) in [4.78, 5) is 14.8. The molecule has 2 aromatic rings. The zero-order chi connectivity index (χ0) is 21.5. The molecule has 1 N–H and O–H groups in total. The number of benzene rings is 2. The summed E-state index contributed by atoms with van der Waals surface area (Å²) in [6, 6.07) is 7.46. The molecule has 1 spiro atoms. The van der Waals surface area contributed by atoms with E-state index in [9.17, 15) is 18.0 Å². The van der Waals surface area contributed by atoms with Gasteiger partial charge in [0.15, 0.2) is 0 Å². The number of piperidine rings is 1. The molecule has 0 aromatic heterocycles. The zero-order valence-corrected chi connectivity index (χ0v) is 17.2. The average molecular weight is 439 g/mol. The molecule has 4 rings (SSSR count). The van der Waals surface area contributed by atoms with Gasteiger partial charge in [-0.2, -0.15) is 0 Å². The van der Waals surface area contributed by atoms with Crippen molar-refractivity contribution >= 4 is 23.2 Å². The van der Waals surface area contributed by atoms with E-state index in [0.29, 0.717) is 37.5 Å². The Morgan fingerprint density at radius 1 is 1.20 bits per heavy atom. The molecule has 1 atom stereocenters. The lowest BCUT2D eigenvalue weighted by Crippen LogP contribution is -2.47. The minimum absolute atomic E-state index is 0.00352. The maximum atomic E-state index is 13.9. The lowest BCUT2D eigenvalue weighted by Gasteiger charge is -2.38. The number of amides is 1. The Hall–Kier alpha value is -2.25. The van der Waals surface area contributed by atoms with Gasteiger partial charge in [-0.25, -0.2) is 13.2 Å². The molecule has 8 heteroatoms. The van der Waals surface area contributed by atoms with Crippen molar-refractivity contribution in [3.63, 3.8) is 0 Å². The summed E-state index contributed by atoms with van der Waals surface area (Å²) in [5.74, 6) is -1.88. The molecule has 1 saturated heterocycles. The van der Waals surface area contributed by atoms with E-state index < -0.39 is 28.8 Å². The molecule has 4 nitrogen and oxygen atoms in total. The highest BCUT2D eigenvalue weighted by Gasteiger charge is 2.48. The largest absolute Gasteiger partial charge is 0.492 e. The number of rotatable bonds is 5. The predicted molar refractivity (Wildman–Crippen MR) is 109 cm³/mol. The van der Waals surface area contributed by atoms with E-state index >= 15 is 0 Å². The Kier molecular flexibility index (Phi) is 5.68. The van der Waals surface area contributed by atoms with Crippen molar-refractivity contribution in [2.45, 2.75) is 31.4 Å². The number of nitrogens with one attached hydrogen (secondary N) is 1. The van der Waals surface area contributed by atoms with E-state index in [-0.39, 0.29) is 18.3 Å². The van der Waals surface area contributed by atoms with Crippen molar-refractivity contribution in [2.75, 3.05) is 31.6 Å². The normalized spacial score (nSPS) is 18.9. The van der Waals surface area contributed by atoms with Crippen LogP contribution < -0.4 is 10.1 Å². The van der Waals surface area contributed by atoms with Gasteiger partial charge in [-0.15, -0.1) is 0 Å². The minimum atomic E-state index is -1.73. The third-order valence-electron chi connectivity index (χ3n) is 6.02. The van der Waals surface area contributed by atoms with Crippen LogP contribution in [-0.4, -0.2) is 37.0 Å². The SMILES string of the molecule is CC(F)c1c(F)cc(OCCN2CCC3(CC2)C(=O)Nc2ccc(Cl)cc23)cc1F. The van der Waals surface area contributed by atoms with Crippen LogP contribution in [-0.2, 0) is 10.2 Å². The van der Waals surface area contributed by atoms with Crippen LogP contribution in [0.5, 0.6) is 5.75 Å². The Morgan fingerprint density at radius 3 is 2.50 bits per heavy atom. The fourth-order valence-electron chi connectivity index (χ4n) is 4.36. The second-order valence-electron chi connectivity index (χ2n) is 7.83. The third-order valence-corrected chi connectivity index (χ3v) is 6.25. The Balaban J connectivity index is 1.35. The molecule has 2 aromatic carbocycles. The van der Waals surface area contributed by atoms with Crippen molar-refractivity contribution < 1.29 is 22.7 Å². The van der Waals surface area contributed by atoms with E-state index in [1.54, 1.807) is 6.07 Å². The van der Waals surface area contributed by atoms with Gasteiger partial charge in [0.05, 0.1) is 11.0 Å². The average Bonchev–Trinajstić information content (AvgIpc) is 2.94. The van der Waals surface area contributed by atoms with Gasteiger partial charge in [-0.1, -0.05) is 11.6 Å². The number of fused-ring (bicyclic) bond motifs is 2. The first kappa shape index (κ1) is 21.0. The molecule has 1 unspecified atom stereocenters. The summed E-state index contributed by atoms with van der Waals surface area (Å²) in [6.07, 6.45) is -0.427. The molecule has 2 heterocycles. The summed E-state index contributed by atoms with van der Waals surface area (Å²) in [5.41, 5.74) is 0.613. The number of hydrogen-bond donors (Lipinski definition) is 1. The van der Waals surface area contributed by atoms with E-state index in [2.05, 4.69) is 10.2 Å². The molecule has 0 aliphatic carbocycles. The molecule has 0 radical (unpaired) electrons. The number of ether oxygens (including phenoxy) is 1. The van der Waals surface area contributed by atoms with Crippen LogP contribution in [0.1, 0.15) is 37.1 Å². The summed E-state index contributed by atoms with van der Waals surface area (Å²) in [6.45, 7) is 3.23. The van der Waals surface area contributed by atoms with Gasteiger partial charge in [-0.05, 0) is 56.6 Å². The zero-order valence-electron chi connectivity index (χ0n) is 16.5. The van der Waals surface area contributed by atoms with Crippen LogP contribution >= 0.6 is 11.6 Å². The Labute approximate surface area is 178 Å². The van der Waals surface area contributed by atoms with Crippen molar-refractivity contribution in [1.29, 1.82) is 0 Å². The van der Waals surface area contributed by atoms with Crippen molar-refractivity contribution in [3.8, 4) is 5.75 Å². The van der Waals surface area contributed by atoms with Gasteiger partial charge in [0.1, 0.15) is 30.2 Å². The summed E-state index contributed by atoms with van der Waals surface area (Å²) in [5, 5.41) is 3.55. The van der Waals surface area contributed by atoms with E-state index in [4.69, 9.17) is 16.3 Å². The number of carbonyl (C=O) groups excluding carboxylic acids is 1. The topological polar surface area (TPSA) is 41.6 Å². The van der Waals surface area contributed by atoms with Crippen LogP contribution in [0.3, 0.4) is 0 Å². The first-order chi connectivity index (χ1) is 14.3. The smallest absolute Gasteiger partial charge is 0.235 e. The molecule has 2 aliphatic rings. The molecule has 160 valence electrons. The predicted octanol–water partition coefficient (Wildman–Crippen LogP) is 5.01. The van der Waals surface area contributed by atoms with Crippen LogP contribution in [0.15, 0.2) is 30.3 Å². The number of hydrogen-bond acceptors (Lipinski definition) is 3. The molecule has 2 aliphatic heterocycles. The molecule has 30 heavy (non-hydrogen) atoms. The standard InChI is InChI=1S/C22H22ClF3N2O2/c1-13(24)20-17(25)11-15(12-18(20)26)30-9-8-28-6-4-22(5-7-28)16-10-14(23)2-3-19(16)27-21(22)29/h2-3,10-13H,4-9H2,1H3,(H,27,29). The molecular formula is C22H22ClF3N2O2. The highest BCUT2D eigenvalue weighted by Crippen LogP contribution is 2.45. The number of alkyl halides is 1.